The highest BCUT2D eigenvalue weighted by Crippen LogP contribution is 2.54. The molecule has 0 bridgehead atoms. The van der Waals surface area contributed by atoms with Crippen LogP contribution in [0.2, 0.25) is 15.1 Å². The van der Waals surface area contributed by atoms with Crippen LogP contribution in [0, 0.1) is 13.8 Å². The predicted molar refractivity (Wildman–Crippen MR) is 138 cm³/mol. The fourth-order valence-electron chi connectivity index (χ4n) is 4.68. The van der Waals surface area contributed by atoms with E-state index in [2.05, 4.69) is 20.8 Å². The summed E-state index contributed by atoms with van der Waals surface area (Å²) >= 11 is 18.7. The second-order valence-corrected chi connectivity index (χ2v) is 13.1. The molecule has 1 aliphatic rings. The van der Waals surface area contributed by atoms with Crippen molar-refractivity contribution in [3.05, 3.63) is 67.2 Å². The summed E-state index contributed by atoms with van der Waals surface area (Å²) in [5.74, 6) is -0.426. The van der Waals surface area contributed by atoms with E-state index in [4.69, 9.17) is 34.8 Å². The molecule has 0 aliphatic heterocycles. The maximum atomic E-state index is 14.0. The lowest BCUT2D eigenvalue weighted by Crippen LogP contribution is -2.39. The average Bonchev–Trinajstić information content (AvgIpc) is 2.71. The van der Waals surface area contributed by atoms with Crippen LogP contribution < -0.4 is 0 Å². The third kappa shape index (κ3) is 5.08. The van der Waals surface area contributed by atoms with Crippen LogP contribution in [-0.4, -0.2) is 16.5 Å². The van der Waals surface area contributed by atoms with Gasteiger partial charge >= 0.3 is 13.3 Å². The van der Waals surface area contributed by atoms with E-state index in [-0.39, 0.29) is 21.0 Å². The van der Waals surface area contributed by atoms with Crippen molar-refractivity contribution >= 4 is 53.9 Å². The zero-order valence-corrected chi connectivity index (χ0v) is 22.8. The van der Waals surface area contributed by atoms with E-state index in [1.807, 2.05) is 26.0 Å². The van der Waals surface area contributed by atoms with E-state index in [0.717, 1.165) is 23.1 Å². The molecule has 0 radical (unpaired) electrons. The molecule has 3 rings (SSSR count). The zero-order chi connectivity index (χ0) is 24.7. The number of benzene rings is 2. The second-order valence-electron chi connectivity index (χ2n) is 10.0. The Balaban J connectivity index is 2.11. The quantitative estimate of drug-likeness (QED) is 0.288. The van der Waals surface area contributed by atoms with E-state index in [1.165, 1.54) is 12.1 Å². The molecule has 0 heterocycles. The highest BCUT2D eigenvalue weighted by Gasteiger charge is 2.60. The van der Waals surface area contributed by atoms with Crippen molar-refractivity contribution in [2.45, 2.75) is 77.3 Å². The van der Waals surface area contributed by atoms with Crippen molar-refractivity contribution in [3.8, 4) is 0 Å². The maximum Gasteiger partial charge on any atom is 0.434 e. The van der Waals surface area contributed by atoms with Crippen molar-refractivity contribution in [1.82, 2.24) is 0 Å². The van der Waals surface area contributed by atoms with Crippen LogP contribution in [0.3, 0.4) is 0 Å². The van der Waals surface area contributed by atoms with Crippen molar-refractivity contribution in [2.24, 2.45) is 0 Å². The molecule has 1 unspecified atom stereocenters. The third-order valence-electron chi connectivity index (χ3n) is 6.52. The monoisotopic (exact) mass is 525 g/mol. The summed E-state index contributed by atoms with van der Waals surface area (Å²) in [6.45, 7) is 10.1. The number of rotatable bonds is 5. The van der Waals surface area contributed by atoms with Gasteiger partial charge in [-0.2, -0.15) is 0 Å². The van der Waals surface area contributed by atoms with Gasteiger partial charge in [0.1, 0.15) is 0 Å². The molecule has 1 saturated carbocycles. The largest absolute Gasteiger partial charge is 0.434 e. The van der Waals surface area contributed by atoms with E-state index in [9.17, 15) is 14.2 Å². The Kier molecular flexibility index (Phi) is 7.81. The Morgan fingerprint density at radius 1 is 0.848 bits per heavy atom. The topological polar surface area (TPSA) is 51.2 Å². The summed E-state index contributed by atoms with van der Waals surface area (Å²) in [7, 11) is -2.57. The van der Waals surface area contributed by atoms with Crippen molar-refractivity contribution in [3.63, 3.8) is 0 Å². The molecule has 0 aromatic heterocycles. The fraction of sp³-hybridized carbons (Fsp3) is 0.462. The molecule has 1 atom stereocenters. The first-order valence-corrected chi connectivity index (χ1v) is 13.5. The van der Waals surface area contributed by atoms with Gasteiger partial charge in [-0.25, -0.2) is 4.79 Å². The lowest BCUT2D eigenvalue weighted by Gasteiger charge is -2.27. The van der Waals surface area contributed by atoms with Gasteiger partial charge in [0.05, 0.1) is 21.2 Å². The maximum absolute atomic E-state index is 14.0. The Labute approximate surface area is 212 Å². The van der Waals surface area contributed by atoms with E-state index in [0.29, 0.717) is 36.3 Å². The minimum absolute atomic E-state index is 0.0814. The van der Waals surface area contributed by atoms with Crippen molar-refractivity contribution in [2.75, 3.05) is 0 Å². The van der Waals surface area contributed by atoms with Crippen LogP contribution >= 0.6 is 42.6 Å². The van der Waals surface area contributed by atoms with Crippen LogP contribution in [0.5, 0.6) is 0 Å². The van der Waals surface area contributed by atoms with E-state index in [1.54, 1.807) is 0 Å². The Bertz CT molecular complexity index is 1100. The van der Waals surface area contributed by atoms with Gasteiger partial charge in [0.2, 0.25) is 10.9 Å². The van der Waals surface area contributed by atoms with Gasteiger partial charge in [-0.3, -0.25) is 4.79 Å². The molecule has 3 nitrogen and oxygen atoms in total. The highest BCUT2D eigenvalue weighted by atomic mass is 35.5. The molecular formula is C26H29Cl3O3P+. The average molecular weight is 527 g/mol. The Hall–Kier alpha value is -1.25. The van der Waals surface area contributed by atoms with E-state index >= 15 is 0 Å². The molecule has 0 amide bonds. The molecule has 1 aliphatic carbocycles. The Morgan fingerprint density at radius 3 is 1.79 bits per heavy atom. The molecule has 7 heteroatoms. The molecule has 33 heavy (non-hydrogen) atoms. The van der Waals surface area contributed by atoms with Crippen LogP contribution in [0.15, 0.2) is 24.3 Å². The van der Waals surface area contributed by atoms with Crippen molar-refractivity contribution < 1.29 is 14.2 Å². The van der Waals surface area contributed by atoms with Gasteiger partial charge < -0.3 is 0 Å². The van der Waals surface area contributed by atoms with Gasteiger partial charge in [0.15, 0.2) is 0 Å². The minimum Gasteiger partial charge on any atom is -0.289 e. The van der Waals surface area contributed by atoms with Gasteiger partial charge in [0, 0.05) is 17.9 Å². The molecule has 0 saturated heterocycles. The number of carbonyl (C=O) groups excluding carboxylic acids is 2. The second kappa shape index (κ2) is 9.78. The number of ketones is 1. The third-order valence-corrected chi connectivity index (χ3v) is 9.36. The van der Waals surface area contributed by atoms with Gasteiger partial charge in [-0.15, -0.1) is 0 Å². The van der Waals surface area contributed by atoms with Crippen LogP contribution in [-0.2, 0) is 9.98 Å². The molecule has 2 aromatic rings. The van der Waals surface area contributed by atoms with Gasteiger partial charge in [-0.05, 0) is 60.9 Å². The lowest BCUT2D eigenvalue weighted by atomic mass is 9.82. The van der Waals surface area contributed by atoms with E-state index < -0.39 is 24.3 Å². The van der Waals surface area contributed by atoms with Crippen LogP contribution in [0.25, 0.3) is 0 Å². The fourth-order valence-corrected chi connectivity index (χ4v) is 7.63. The van der Waals surface area contributed by atoms with Crippen LogP contribution in [0.4, 0.5) is 0 Å². The number of aryl methyl sites for hydroxylation is 2. The van der Waals surface area contributed by atoms with Gasteiger partial charge in [-0.1, -0.05) is 78.7 Å². The summed E-state index contributed by atoms with van der Waals surface area (Å²) in [6.07, 6.45) is 3.07. The summed E-state index contributed by atoms with van der Waals surface area (Å²) in [4.78, 5) is 27.5. The summed E-state index contributed by atoms with van der Waals surface area (Å²) < 4.78 is 14.0. The predicted octanol–water partition coefficient (Wildman–Crippen LogP) is 9.11. The normalized spacial score (nSPS) is 16.4. The summed E-state index contributed by atoms with van der Waals surface area (Å²) in [5.41, 5.74) is 2.63. The molecular weight excluding hydrogens is 498 g/mol. The highest BCUT2D eigenvalue weighted by molar-refractivity contribution is 7.67. The standard InChI is InChI=1S/C26H29Cl3O3P/c1-15-11-17(25(3,4)5)12-16(2)21(15)24(31)33(32)26(9-7-6-8-10-26)23(30)22-19(28)13-18(27)14-20(22)29/h11-14H,6-10H2,1-5H3/q+1. The SMILES string of the molecule is Cc1cc(C(C)(C)C)cc(C)c1C(=O)[P+](=O)C1(C(=O)c2c(Cl)cc(Cl)cc2Cl)CCCCC1. The molecule has 1 fully saturated rings. The summed E-state index contributed by atoms with van der Waals surface area (Å²) in [5, 5.41) is -0.793. The first-order chi connectivity index (χ1) is 15.3. The van der Waals surface area contributed by atoms with Crippen molar-refractivity contribution in [1.29, 1.82) is 0 Å². The number of hydrogen-bond donors (Lipinski definition) is 0. The first-order valence-electron chi connectivity index (χ1n) is 11.1. The molecule has 2 aromatic carbocycles. The lowest BCUT2D eigenvalue weighted by molar-refractivity contribution is 0.0903. The number of halogens is 3. The molecule has 0 N–H and O–H groups in total. The van der Waals surface area contributed by atoms with Crippen LogP contribution in [0.1, 0.15) is 90.3 Å². The summed E-state index contributed by atoms with van der Waals surface area (Å²) in [6, 6.07) is 6.86. The number of Topliss-reactive ketones (excluding diaryl/α,β-unsaturated/α-hetero) is 1. The minimum atomic E-state index is -2.57. The Morgan fingerprint density at radius 2 is 1.33 bits per heavy atom. The zero-order valence-electron chi connectivity index (χ0n) is 19.7. The van der Waals surface area contributed by atoms with Gasteiger partial charge in [0.25, 0.3) is 0 Å². The molecule has 176 valence electrons. The number of hydrogen-bond acceptors (Lipinski definition) is 3. The smallest absolute Gasteiger partial charge is 0.289 e. The number of carbonyl (C=O) groups is 2. The molecule has 0 spiro atoms. The first kappa shape index (κ1) is 26.4.